The van der Waals surface area contributed by atoms with Gasteiger partial charge in [0.05, 0.1) is 36.1 Å². The van der Waals surface area contributed by atoms with Crippen molar-refractivity contribution >= 4 is 34.8 Å². The molecule has 200 valence electrons. The third kappa shape index (κ3) is 4.91. The molecular formula is C25H30F2N10O. The molecule has 0 radical (unpaired) electrons. The zero-order valence-corrected chi connectivity index (χ0v) is 21.1. The van der Waals surface area contributed by atoms with E-state index in [2.05, 4.69) is 37.1 Å². The Bertz CT molecular complexity index is 1310. The van der Waals surface area contributed by atoms with E-state index < -0.39 is 12.7 Å². The largest absolute Gasteiger partial charge is 0.379 e. The van der Waals surface area contributed by atoms with E-state index in [-0.39, 0.29) is 5.82 Å². The standard InChI is InChI=1S/C25H30F2N10O/c1-33-8-10-34(11-9-33)21-7-6-18(16-28-21)30-24-29-17-36(35-12-14-38-15-13-35)25(32-24)37-20-5-3-2-4-19(20)31-23(37)22(26)27/h2-7,16-17,22,24,30H,8-15H2,1H3. The first-order valence-corrected chi connectivity index (χ1v) is 12.7. The van der Waals surface area contributed by atoms with E-state index in [1.54, 1.807) is 41.8 Å². The molecule has 1 unspecified atom stereocenters. The number of halogens is 2. The number of nitrogens with one attached hydrogen (secondary N) is 1. The Morgan fingerprint density at radius 3 is 2.53 bits per heavy atom. The number of para-hydroxylation sites is 2. The number of benzene rings is 1. The van der Waals surface area contributed by atoms with E-state index in [9.17, 15) is 8.78 Å². The van der Waals surface area contributed by atoms with Crippen molar-refractivity contribution in [2.45, 2.75) is 12.7 Å². The molecule has 38 heavy (non-hydrogen) atoms. The van der Waals surface area contributed by atoms with Crippen molar-refractivity contribution in [2.75, 3.05) is 69.7 Å². The van der Waals surface area contributed by atoms with Crippen molar-refractivity contribution < 1.29 is 13.5 Å². The Labute approximate surface area is 219 Å². The number of pyridine rings is 1. The van der Waals surface area contributed by atoms with Crippen LogP contribution in [0.5, 0.6) is 0 Å². The SMILES string of the molecule is CN1CCN(c2ccc(NC3N=CN(N4CCOCC4)C(n4c(C(F)F)nc5ccccc54)=N3)cn2)CC1. The third-order valence-electron chi connectivity index (χ3n) is 6.90. The molecule has 0 saturated carbocycles. The normalized spacial score (nSPS) is 21.4. The second kappa shape index (κ2) is 10.6. The highest BCUT2D eigenvalue weighted by Gasteiger charge is 2.31. The first-order valence-electron chi connectivity index (χ1n) is 12.7. The number of ether oxygens (including phenoxy) is 1. The van der Waals surface area contributed by atoms with Gasteiger partial charge in [-0.3, -0.25) is 4.57 Å². The predicted octanol–water partition coefficient (Wildman–Crippen LogP) is 2.31. The predicted molar refractivity (Wildman–Crippen MR) is 142 cm³/mol. The van der Waals surface area contributed by atoms with Gasteiger partial charge in [0.15, 0.2) is 5.82 Å². The van der Waals surface area contributed by atoms with Crippen molar-refractivity contribution in [3.63, 3.8) is 0 Å². The quantitative estimate of drug-likeness (QED) is 0.544. The van der Waals surface area contributed by atoms with E-state index >= 15 is 0 Å². The van der Waals surface area contributed by atoms with Crippen LogP contribution in [0.3, 0.4) is 0 Å². The molecule has 0 amide bonds. The lowest BCUT2D eigenvalue weighted by Crippen LogP contribution is -2.54. The van der Waals surface area contributed by atoms with E-state index in [4.69, 9.17) is 9.73 Å². The maximum atomic E-state index is 14.2. The van der Waals surface area contributed by atoms with Gasteiger partial charge in [0.1, 0.15) is 12.2 Å². The van der Waals surface area contributed by atoms with Crippen molar-refractivity contribution in [3.8, 4) is 0 Å². The molecule has 3 aliphatic heterocycles. The summed E-state index contributed by atoms with van der Waals surface area (Å²) in [5.74, 6) is 0.853. The van der Waals surface area contributed by atoms with Crippen LogP contribution in [0.15, 0.2) is 52.6 Å². The number of nitrogens with zero attached hydrogens (tertiary/aromatic N) is 9. The van der Waals surface area contributed by atoms with Gasteiger partial charge in [-0.1, -0.05) is 12.1 Å². The Balaban J connectivity index is 1.30. The Kier molecular flexibility index (Phi) is 6.87. The fourth-order valence-corrected chi connectivity index (χ4v) is 4.82. The average Bonchev–Trinajstić information content (AvgIpc) is 3.34. The van der Waals surface area contributed by atoms with Crippen LogP contribution < -0.4 is 10.2 Å². The summed E-state index contributed by atoms with van der Waals surface area (Å²) >= 11 is 0. The van der Waals surface area contributed by atoms with Gasteiger partial charge in [-0.25, -0.2) is 38.8 Å². The summed E-state index contributed by atoms with van der Waals surface area (Å²) in [6.45, 7) is 6.07. The van der Waals surface area contributed by atoms with Gasteiger partial charge in [0.25, 0.3) is 6.43 Å². The van der Waals surface area contributed by atoms with Crippen LogP contribution in [0.2, 0.25) is 0 Å². The maximum absolute atomic E-state index is 14.2. The summed E-state index contributed by atoms with van der Waals surface area (Å²) in [5, 5.41) is 6.97. The van der Waals surface area contributed by atoms with Crippen LogP contribution in [0.25, 0.3) is 11.0 Å². The maximum Gasteiger partial charge on any atom is 0.296 e. The number of hydrogen-bond donors (Lipinski definition) is 1. The summed E-state index contributed by atoms with van der Waals surface area (Å²) in [5.41, 5.74) is 1.76. The highest BCUT2D eigenvalue weighted by molar-refractivity contribution is 5.99. The number of likely N-dealkylation sites (N-methyl/N-ethyl adjacent to an activating group) is 1. The van der Waals surface area contributed by atoms with Gasteiger partial charge in [-0.2, -0.15) is 0 Å². The lowest BCUT2D eigenvalue weighted by Gasteiger charge is -2.38. The summed E-state index contributed by atoms with van der Waals surface area (Å²) < 4.78 is 35.3. The monoisotopic (exact) mass is 524 g/mol. The van der Waals surface area contributed by atoms with Crippen LogP contribution in [0, 0.1) is 0 Å². The molecule has 2 fully saturated rings. The smallest absolute Gasteiger partial charge is 0.296 e. The third-order valence-corrected chi connectivity index (χ3v) is 6.90. The summed E-state index contributed by atoms with van der Waals surface area (Å²) in [4.78, 5) is 22.8. The lowest BCUT2D eigenvalue weighted by molar-refractivity contribution is -0.0203. The molecule has 13 heteroatoms. The van der Waals surface area contributed by atoms with Crippen molar-refractivity contribution in [1.29, 1.82) is 0 Å². The molecule has 6 rings (SSSR count). The number of rotatable bonds is 5. The molecular weight excluding hydrogens is 494 g/mol. The molecule has 3 aromatic rings. The molecule has 2 saturated heterocycles. The van der Waals surface area contributed by atoms with Crippen molar-refractivity contribution in [2.24, 2.45) is 9.98 Å². The number of anilines is 2. The zero-order valence-electron chi connectivity index (χ0n) is 21.1. The highest BCUT2D eigenvalue weighted by atomic mass is 19.3. The van der Waals surface area contributed by atoms with E-state index in [0.717, 1.165) is 37.7 Å². The summed E-state index contributed by atoms with van der Waals surface area (Å²) in [6, 6.07) is 11.0. The first kappa shape index (κ1) is 24.6. The van der Waals surface area contributed by atoms with Crippen LogP contribution in [0.4, 0.5) is 20.3 Å². The summed E-state index contributed by atoms with van der Waals surface area (Å²) in [7, 11) is 2.12. The zero-order chi connectivity index (χ0) is 26.1. The number of aliphatic imine (C=N–C) groups is 2. The number of morpholine rings is 1. The Hall–Kier alpha value is -3.68. The number of hydrogen-bond acceptors (Lipinski definition) is 10. The number of hydrazine groups is 1. The molecule has 0 aliphatic carbocycles. The van der Waals surface area contributed by atoms with Crippen LogP contribution in [-0.2, 0) is 4.74 Å². The second-order valence-corrected chi connectivity index (χ2v) is 9.41. The highest BCUT2D eigenvalue weighted by Crippen LogP contribution is 2.26. The minimum Gasteiger partial charge on any atom is -0.379 e. The summed E-state index contributed by atoms with van der Waals surface area (Å²) in [6.07, 6.45) is -0.135. The number of fused-ring (bicyclic) bond motifs is 1. The van der Waals surface area contributed by atoms with Gasteiger partial charge in [0, 0.05) is 39.3 Å². The fraction of sp³-hybridized carbons (Fsp3) is 0.440. The molecule has 5 heterocycles. The van der Waals surface area contributed by atoms with Crippen LogP contribution >= 0.6 is 0 Å². The van der Waals surface area contributed by atoms with Gasteiger partial charge in [0.2, 0.25) is 12.2 Å². The average molecular weight is 525 g/mol. The van der Waals surface area contributed by atoms with Crippen molar-refractivity contribution in [1.82, 2.24) is 29.5 Å². The molecule has 11 nitrogen and oxygen atoms in total. The van der Waals surface area contributed by atoms with E-state index in [0.29, 0.717) is 43.3 Å². The van der Waals surface area contributed by atoms with Gasteiger partial charge in [-0.05, 0) is 31.3 Å². The number of piperazine rings is 1. The molecule has 3 aliphatic rings. The number of alkyl halides is 2. The fourth-order valence-electron chi connectivity index (χ4n) is 4.82. The first-order chi connectivity index (χ1) is 18.6. The molecule has 0 spiro atoms. The molecule has 1 atom stereocenters. The molecule has 1 N–H and O–H groups in total. The van der Waals surface area contributed by atoms with Gasteiger partial charge < -0.3 is 19.9 Å². The molecule has 0 bridgehead atoms. The van der Waals surface area contributed by atoms with Gasteiger partial charge >= 0.3 is 0 Å². The number of aromatic nitrogens is 3. The number of imidazole rings is 1. The van der Waals surface area contributed by atoms with E-state index in [1.807, 2.05) is 17.1 Å². The molecule has 2 aromatic heterocycles. The van der Waals surface area contributed by atoms with Crippen LogP contribution in [0.1, 0.15) is 12.2 Å². The minimum atomic E-state index is -2.78. The van der Waals surface area contributed by atoms with Crippen LogP contribution in [-0.4, -0.2) is 108 Å². The lowest BCUT2D eigenvalue weighted by atomic mass is 10.3. The molecule has 1 aromatic carbocycles. The van der Waals surface area contributed by atoms with E-state index in [1.165, 1.54) is 4.57 Å². The second-order valence-electron chi connectivity index (χ2n) is 9.41. The Morgan fingerprint density at radius 2 is 1.79 bits per heavy atom. The van der Waals surface area contributed by atoms with Crippen molar-refractivity contribution in [3.05, 3.63) is 48.4 Å². The topological polar surface area (TPSA) is 89.7 Å². The minimum absolute atomic E-state index is 0.297. The van der Waals surface area contributed by atoms with Gasteiger partial charge in [-0.15, -0.1) is 0 Å². The Morgan fingerprint density at radius 1 is 1.00 bits per heavy atom.